The molecule has 0 spiro atoms. The van der Waals surface area contributed by atoms with E-state index in [0.29, 0.717) is 5.56 Å². The summed E-state index contributed by atoms with van der Waals surface area (Å²) in [4.78, 5) is 12.0. The van der Waals surface area contributed by atoms with Gasteiger partial charge >= 0.3 is 6.18 Å². The quantitative estimate of drug-likeness (QED) is 0.737. The van der Waals surface area contributed by atoms with Crippen molar-refractivity contribution in [2.45, 2.75) is 6.18 Å². The first-order valence-electron chi connectivity index (χ1n) is 5.36. The van der Waals surface area contributed by atoms with E-state index in [1.165, 1.54) is 0 Å². The van der Waals surface area contributed by atoms with Crippen LogP contribution in [0.15, 0.2) is 48.5 Å². The van der Waals surface area contributed by atoms with Crippen LogP contribution in [0.2, 0.25) is 5.02 Å². The molecule has 98 valence electrons. The Morgan fingerprint density at radius 2 is 1.58 bits per heavy atom. The van der Waals surface area contributed by atoms with Gasteiger partial charge in [-0.05, 0) is 12.1 Å². The molecule has 0 bridgehead atoms. The molecule has 19 heavy (non-hydrogen) atoms. The van der Waals surface area contributed by atoms with Crippen LogP contribution in [0.3, 0.4) is 0 Å². The molecule has 0 unspecified atom stereocenters. The summed E-state index contributed by atoms with van der Waals surface area (Å²) >= 11 is 5.57. The van der Waals surface area contributed by atoms with Gasteiger partial charge in [0.25, 0.3) is 0 Å². The van der Waals surface area contributed by atoms with E-state index in [1.807, 2.05) is 0 Å². The van der Waals surface area contributed by atoms with Crippen LogP contribution in [0.1, 0.15) is 21.5 Å². The van der Waals surface area contributed by atoms with Crippen molar-refractivity contribution >= 4 is 17.4 Å². The molecule has 0 aromatic heterocycles. The highest BCUT2D eigenvalue weighted by Crippen LogP contribution is 2.35. The van der Waals surface area contributed by atoms with Crippen molar-refractivity contribution < 1.29 is 18.0 Å². The van der Waals surface area contributed by atoms with Crippen molar-refractivity contribution in [2.24, 2.45) is 0 Å². The van der Waals surface area contributed by atoms with Crippen molar-refractivity contribution in [3.8, 4) is 0 Å². The highest BCUT2D eigenvalue weighted by Gasteiger charge is 2.33. The van der Waals surface area contributed by atoms with Gasteiger partial charge in [-0.1, -0.05) is 48.0 Å². The van der Waals surface area contributed by atoms with Crippen LogP contribution < -0.4 is 0 Å². The highest BCUT2D eigenvalue weighted by molar-refractivity contribution is 6.32. The van der Waals surface area contributed by atoms with Crippen molar-refractivity contribution in [1.82, 2.24) is 0 Å². The average Bonchev–Trinajstić information content (AvgIpc) is 2.37. The van der Waals surface area contributed by atoms with E-state index >= 15 is 0 Å². The molecule has 0 aliphatic heterocycles. The van der Waals surface area contributed by atoms with Crippen molar-refractivity contribution in [2.75, 3.05) is 0 Å². The van der Waals surface area contributed by atoms with Crippen LogP contribution >= 0.6 is 11.6 Å². The van der Waals surface area contributed by atoms with Gasteiger partial charge in [-0.3, -0.25) is 4.79 Å². The Morgan fingerprint density at radius 3 is 2.11 bits per heavy atom. The molecule has 2 rings (SSSR count). The third kappa shape index (κ3) is 2.96. The molecule has 2 aromatic carbocycles. The second kappa shape index (κ2) is 5.05. The summed E-state index contributed by atoms with van der Waals surface area (Å²) in [5, 5.41) is -0.478. The fourth-order valence-corrected chi connectivity index (χ4v) is 1.93. The number of halogens is 4. The van der Waals surface area contributed by atoms with E-state index in [-0.39, 0.29) is 11.3 Å². The summed E-state index contributed by atoms with van der Waals surface area (Å²) in [5.74, 6) is -0.365. The summed E-state index contributed by atoms with van der Waals surface area (Å²) in [6, 6.07) is 11.3. The third-order valence-corrected chi connectivity index (χ3v) is 2.89. The summed E-state index contributed by atoms with van der Waals surface area (Å²) in [5.41, 5.74) is -0.415. The molecular formula is C14H8ClF3O. The van der Waals surface area contributed by atoms with Crippen LogP contribution in [0, 0.1) is 0 Å². The van der Waals surface area contributed by atoms with Crippen LogP contribution in [-0.2, 0) is 6.18 Å². The van der Waals surface area contributed by atoms with Gasteiger partial charge < -0.3 is 0 Å². The monoisotopic (exact) mass is 284 g/mol. The molecule has 1 nitrogen and oxygen atoms in total. The van der Waals surface area contributed by atoms with Crippen molar-refractivity contribution in [3.05, 3.63) is 70.2 Å². The molecule has 0 atom stereocenters. The zero-order valence-electron chi connectivity index (χ0n) is 9.54. The maximum atomic E-state index is 12.5. The second-order valence-electron chi connectivity index (χ2n) is 3.89. The molecule has 0 radical (unpaired) electrons. The summed E-state index contributed by atoms with van der Waals surface area (Å²) < 4.78 is 37.6. The zero-order valence-corrected chi connectivity index (χ0v) is 10.3. The van der Waals surface area contributed by atoms with Gasteiger partial charge in [-0.15, -0.1) is 0 Å². The molecule has 5 heteroatoms. The summed E-state index contributed by atoms with van der Waals surface area (Å²) in [6.07, 6.45) is -4.52. The van der Waals surface area contributed by atoms with Gasteiger partial charge in [0.05, 0.1) is 10.6 Å². The van der Waals surface area contributed by atoms with Crippen molar-refractivity contribution in [1.29, 1.82) is 0 Å². The molecule has 0 amide bonds. The first kappa shape index (κ1) is 13.6. The van der Waals surface area contributed by atoms with E-state index in [4.69, 9.17) is 11.6 Å². The molecule has 0 saturated heterocycles. The smallest absolute Gasteiger partial charge is 0.289 e. The Hall–Kier alpha value is -1.81. The molecule has 2 aromatic rings. The van der Waals surface area contributed by atoms with Gasteiger partial charge in [0.1, 0.15) is 0 Å². The maximum absolute atomic E-state index is 12.5. The van der Waals surface area contributed by atoms with E-state index in [1.54, 1.807) is 30.3 Å². The van der Waals surface area contributed by atoms with E-state index < -0.39 is 16.8 Å². The standard InChI is InChI=1S/C14H8ClF3O/c15-12-8-10(6-7-11(12)14(16,17)18)13(19)9-4-2-1-3-5-9/h1-8H. The fraction of sp³-hybridized carbons (Fsp3) is 0.0714. The topological polar surface area (TPSA) is 17.1 Å². The first-order valence-corrected chi connectivity index (χ1v) is 5.74. The summed E-state index contributed by atoms with van der Waals surface area (Å²) in [6.45, 7) is 0. The van der Waals surface area contributed by atoms with Gasteiger partial charge in [0.15, 0.2) is 5.78 Å². The Kier molecular flexibility index (Phi) is 3.62. The molecule has 0 fully saturated rings. The van der Waals surface area contributed by atoms with Crippen LogP contribution in [0.25, 0.3) is 0 Å². The number of hydrogen-bond acceptors (Lipinski definition) is 1. The second-order valence-corrected chi connectivity index (χ2v) is 4.29. The number of benzene rings is 2. The minimum atomic E-state index is -4.52. The van der Waals surface area contributed by atoms with E-state index in [0.717, 1.165) is 18.2 Å². The SMILES string of the molecule is O=C(c1ccccc1)c1ccc(C(F)(F)F)c(Cl)c1. The molecule has 0 saturated carbocycles. The number of carbonyl (C=O) groups is 1. The molecule has 0 aliphatic carbocycles. The zero-order chi connectivity index (χ0) is 14.0. The van der Waals surface area contributed by atoms with Gasteiger partial charge in [-0.2, -0.15) is 13.2 Å². The predicted octanol–water partition coefficient (Wildman–Crippen LogP) is 4.59. The Morgan fingerprint density at radius 1 is 0.947 bits per heavy atom. The number of ketones is 1. The fourth-order valence-electron chi connectivity index (χ4n) is 1.64. The van der Waals surface area contributed by atoms with Crippen LogP contribution in [0.5, 0.6) is 0 Å². The lowest BCUT2D eigenvalue weighted by Gasteiger charge is -2.10. The number of hydrogen-bond donors (Lipinski definition) is 0. The minimum Gasteiger partial charge on any atom is -0.289 e. The predicted molar refractivity (Wildman–Crippen MR) is 66.3 cm³/mol. The van der Waals surface area contributed by atoms with Gasteiger partial charge in [-0.25, -0.2) is 0 Å². The highest BCUT2D eigenvalue weighted by atomic mass is 35.5. The summed E-state index contributed by atoms with van der Waals surface area (Å²) in [7, 11) is 0. The van der Waals surface area contributed by atoms with Crippen molar-refractivity contribution in [3.63, 3.8) is 0 Å². The minimum absolute atomic E-state index is 0.129. The lowest BCUT2D eigenvalue weighted by Crippen LogP contribution is -2.08. The van der Waals surface area contributed by atoms with Gasteiger partial charge in [0.2, 0.25) is 0 Å². The van der Waals surface area contributed by atoms with E-state index in [9.17, 15) is 18.0 Å². The largest absolute Gasteiger partial charge is 0.417 e. The van der Waals surface area contributed by atoms with E-state index in [2.05, 4.69) is 0 Å². The average molecular weight is 285 g/mol. The number of alkyl halides is 3. The normalized spacial score (nSPS) is 11.4. The lowest BCUT2D eigenvalue weighted by molar-refractivity contribution is -0.137. The van der Waals surface area contributed by atoms with Crippen LogP contribution in [0.4, 0.5) is 13.2 Å². The number of carbonyl (C=O) groups excluding carboxylic acids is 1. The molecule has 0 aliphatic rings. The Bertz CT molecular complexity index is 606. The molecular weight excluding hydrogens is 277 g/mol. The molecule has 0 heterocycles. The lowest BCUT2D eigenvalue weighted by atomic mass is 10.0. The van der Waals surface area contributed by atoms with Crippen LogP contribution in [-0.4, -0.2) is 5.78 Å². The first-order chi connectivity index (χ1) is 8.89. The number of rotatable bonds is 2. The third-order valence-electron chi connectivity index (χ3n) is 2.57. The maximum Gasteiger partial charge on any atom is 0.417 e. The molecule has 0 N–H and O–H groups in total. The Balaban J connectivity index is 2.38. The van der Waals surface area contributed by atoms with Gasteiger partial charge in [0, 0.05) is 11.1 Å². The Labute approximate surface area is 112 Å².